The van der Waals surface area contributed by atoms with Crippen LogP contribution in [0.15, 0.2) is 60.7 Å². The van der Waals surface area contributed by atoms with E-state index in [0.29, 0.717) is 19.6 Å². The van der Waals surface area contributed by atoms with E-state index >= 15 is 0 Å². The third kappa shape index (κ3) is 4.77. The van der Waals surface area contributed by atoms with Gasteiger partial charge in [-0.05, 0) is 54.8 Å². The number of carbonyl (C=O) groups is 1. The van der Waals surface area contributed by atoms with Gasteiger partial charge in [0.25, 0.3) is 0 Å². The van der Waals surface area contributed by atoms with Gasteiger partial charge in [-0.2, -0.15) is 0 Å². The standard InChI is InChI=1S/C27H28N2O3/c30-27(15-8-19-4-1-2-5-19)28-22-12-9-20(10-13-22)23-6-3-7-24(29-23)21-11-14-25-26(18-21)32-17-16-31-25/h3,6-7,9-14,18-19H,1-2,4-5,8,15-17H2,(H,28,30). The third-order valence-corrected chi connectivity index (χ3v) is 6.31. The predicted molar refractivity (Wildman–Crippen MR) is 126 cm³/mol. The summed E-state index contributed by atoms with van der Waals surface area (Å²) in [6, 6.07) is 19.8. The van der Waals surface area contributed by atoms with Crippen LogP contribution in [0.2, 0.25) is 0 Å². The summed E-state index contributed by atoms with van der Waals surface area (Å²) in [6.07, 6.45) is 6.79. The summed E-state index contributed by atoms with van der Waals surface area (Å²) in [4.78, 5) is 17.1. The first-order valence-electron chi connectivity index (χ1n) is 11.5. The summed E-state index contributed by atoms with van der Waals surface area (Å²) in [5.41, 5.74) is 4.59. The van der Waals surface area contributed by atoms with Gasteiger partial charge in [0.1, 0.15) is 13.2 Å². The Bertz CT molecular complexity index is 1090. The summed E-state index contributed by atoms with van der Waals surface area (Å²) in [6.45, 7) is 1.14. The van der Waals surface area contributed by atoms with Gasteiger partial charge < -0.3 is 14.8 Å². The Labute approximate surface area is 188 Å². The molecule has 1 fully saturated rings. The molecule has 1 saturated carbocycles. The number of aromatic nitrogens is 1. The molecule has 5 heteroatoms. The zero-order chi connectivity index (χ0) is 21.8. The molecule has 5 nitrogen and oxygen atoms in total. The lowest BCUT2D eigenvalue weighted by Gasteiger charge is -2.18. The summed E-state index contributed by atoms with van der Waals surface area (Å²) in [5, 5.41) is 3.03. The fourth-order valence-corrected chi connectivity index (χ4v) is 4.54. The maximum atomic E-state index is 12.3. The average Bonchev–Trinajstić information content (AvgIpc) is 3.37. The molecule has 2 heterocycles. The molecule has 3 aromatic rings. The normalized spacial score (nSPS) is 15.5. The molecule has 1 aliphatic heterocycles. The highest BCUT2D eigenvalue weighted by Crippen LogP contribution is 2.34. The van der Waals surface area contributed by atoms with Gasteiger partial charge in [-0.3, -0.25) is 4.79 Å². The van der Waals surface area contributed by atoms with Gasteiger partial charge in [-0.25, -0.2) is 4.98 Å². The van der Waals surface area contributed by atoms with Crippen LogP contribution in [-0.4, -0.2) is 24.1 Å². The number of fused-ring (bicyclic) bond motifs is 1. The first-order chi connectivity index (χ1) is 15.7. The highest BCUT2D eigenvalue weighted by atomic mass is 16.6. The SMILES string of the molecule is O=C(CCC1CCCC1)Nc1ccc(-c2cccc(-c3ccc4c(c3)OCCO4)n2)cc1. The number of ether oxygens (including phenoxy) is 2. The van der Waals surface area contributed by atoms with Gasteiger partial charge in [0.2, 0.25) is 5.91 Å². The van der Waals surface area contributed by atoms with Crippen molar-refractivity contribution < 1.29 is 14.3 Å². The van der Waals surface area contributed by atoms with Crippen LogP contribution in [-0.2, 0) is 4.79 Å². The summed E-state index contributed by atoms with van der Waals surface area (Å²) < 4.78 is 11.3. The summed E-state index contributed by atoms with van der Waals surface area (Å²) in [5.74, 6) is 2.37. The Balaban J connectivity index is 1.25. The largest absolute Gasteiger partial charge is 0.486 e. The minimum atomic E-state index is 0.100. The van der Waals surface area contributed by atoms with E-state index in [4.69, 9.17) is 14.5 Å². The Morgan fingerprint density at radius 3 is 2.34 bits per heavy atom. The summed E-state index contributed by atoms with van der Waals surface area (Å²) in [7, 11) is 0. The van der Waals surface area contributed by atoms with Crippen LogP contribution in [0.1, 0.15) is 38.5 Å². The zero-order valence-electron chi connectivity index (χ0n) is 18.2. The first-order valence-corrected chi connectivity index (χ1v) is 11.5. The number of hydrogen-bond acceptors (Lipinski definition) is 4. The number of amides is 1. The second kappa shape index (κ2) is 9.43. The average molecular weight is 429 g/mol. The van der Waals surface area contributed by atoms with Gasteiger partial charge in [0.05, 0.1) is 11.4 Å². The van der Waals surface area contributed by atoms with Crippen LogP contribution < -0.4 is 14.8 Å². The molecule has 0 saturated heterocycles. The van der Waals surface area contributed by atoms with Crippen molar-refractivity contribution in [1.82, 2.24) is 4.98 Å². The van der Waals surface area contributed by atoms with E-state index in [2.05, 4.69) is 5.32 Å². The topological polar surface area (TPSA) is 60.5 Å². The number of anilines is 1. The molecular weight excluding hydrogens is 400 g/mol. The number of hydrogen-bond donors (Lipinski definition) is 1. The van der Waals surface area contributed by atoms with Crippen molar-refractivity contribution in [3.8, 4) is 34.0 Å². The summed E-state index contributed by atoms with van der Waals surface area (Å²) >= 11 is 0. The van der Waals surface area contributed by atoms with Crippen LogP contribution in [0.5, 0.6) is 11.5 Å². The quantitative estimate of drug-likeness (QED) is 0.516. The molecule has 1 aliphatic carbocycles. The molecule has 1 N–H and O–H groups in total. The number of nitrogens with one attached hydrogen (secondary N) is 1. The zero-order valence-corrected chi connectivity index (χ0v) is 18.2. The monoisotopic (exact) mass is 428 g/mol. The lowest BCUT2D eigenvalue weighted by atomic mass is 10.0. The molecule has 0 radical (unpaired) electrons. The maximum absolute atomic E-state index is 12.3. The highest BCUT2D eigenvalue weighted by Gasteiger charge is 2.16. The lowest BCUT2D eigenvalue weighted by molar-refractivity contribution is -0.116. The number of benzene rings is 2. The maximum Gasteiger partial charge on any atom is 0.224 e. The minimum absolute atomic E-state index is 0.100. The third-order valence-electron chi connectivity index (χ3n) is 6.31. The van der Waals surface area contributed by atoms with E-state index in [1.54, 1.807) is 0 Å². The Kier molecular flexibility index (Phi) is 6.06. The molecule has 2 aliphatic rings. The van der Waals surface area contributed by atoms with Crippen molar-refractivity contribution in [3.05, 3.63) is 60.7 Å². The van der Waals surface area contributed by atoms with E-state index in [9.17, 15) is 4.79 Å². The van der Waals surface area contributed by atoms with Gasteiger partial charge in [0, 0.05) is 23.2 Å². The first kappa shape index (κ1) is 20.6. The van der Waals surface area contributed by atoms with Gasteiger partial charge in [0.15, 0.2) is 11.5 Å². The molecule has 1 amide bonds. The molecule has 5 rings (SSSR count). The molecule has 32 heavy (non-hydrogen) atoms. The number of carbonyl (C=O) groups excluding carboxylic acids is 1. The van der Waals surface area contributed by atoms with Gasteiger partial charge in [-0.15, -0.1) is 0 Å². The van der Waals surface area contributed by atoms with Gasteiger partial charge in [-0.1, -0.05) is 43.9 Å². The van der Waals surface area contributed by atoms with E-state index < -0.39 is 0 Å². The highest BCUT2D eigenvalue weighted by molar-refractivity contribution is 5.91. The van der Waals surface area contributed by atoms with Crippen LogP contribution >= 0.6 is 0 Å². The molecule has 2 aromatic carbocycles. The fourth-order valence-electron chi connectivity index (χ4n) is 4.54. The Hall–Kier alpha value is -3.34. The molecule has 0 unspecified atom stereocenters. The second-order valence-corrected chi connectivity index (χ2v) is 8.58. The second-order valence-electron chi connectivity index (χ2n) is 8.58. The van der Waals surface area contributed by atoms with Crippen molar-refractivity contribution in [2.24, 2.45) is 5.92 Å². The van der Waals surface area contributed by atoms with E-state index in [1.807, 2.05) is 60.7 Å². The van der Waals surface area contributed by atoms with E-state index in [0.717, 1.165) is 52.0 Å². The van der Waals surface area contributed by atoms with E-state index in [-0.39, 0.29) is 5.91 Å². The lowest BCUT2D eigenvalue weighted by Crippen LogP contribution is -2.15. The Morgan fingerprint density at radius 1 is 0.875 bits per heavy atom. The van der Waals surface area contributed by atoms with Crippen LogP contribution in [0.3, 0.4) is 0 Å². The van der Waals surface area contributed by atoms with Crippen molar-refractivity contribution >= 4 is 11.6 Å². The minimum Gasteiger partial charge on any atom is -0.486 e. The van der Waals surface area contributed by atoms with Crippen LogP contribution in [0.4, 0.5) is 5.69 Å². The number of pyridine rings is 1. The predicted octanol–water partition coefficient (Wildman–Crippen LogP) is 6.10. The van der Waals surface area contributed by atoms with Crippen LogP contribution in [0, 0.1) is 5.92 Å². The fraction of sp³-hybridized carbons (Fsp3) is 0.333. The molecule has 1 aromatic heterocycles. The Morgan fingerprint density at radius 2 is 1.56 bits per heavy atom. The van der Waals surface area contributed by atoms with Gasteiger partial charge >= 0.3 is 0 Å². The molecule has 164 valence electrons. The van der Waals surface area contributed by atoms with Crippen molar-refractivity contribution in [3.63, 3.8) is 0 Å². The molecule has 0 atom stereocenters. The molecule has 0 bridgehead atoms. The number of rotatable bonds is 6. The van der Waals surface area contributed by atoms with Crippen LogP contribution in [0.25, 0.3) is 22.5 Å². The van der Waals surface area contributed by atoms with Crippen molar-refractivity contribution in [2.45, 2.75) is 38.5 Å². The van der Waals surface area contributed by atoms with Crippen molar-refractivity contribution in [1.29, 1.82) is 0 Å². The smallest absolute Gasteiger partial charge is 0.224 e. The molecular formula is C27H28N2O3. The number of nitrogens with zero attached hydrogens (tertiary/aromatic N) is 1. The van der Waals surface area contributed by atoms with E-state index in [1.165, 1.54) is 25.7 Å². The van der Waals surface area contributed by atoms with Crippen molar-refractivity contribution in [2.75, 3.05) is 18.5 Å². The molecule has 0 spiro atoms.